The fraction of sp³-hybridized carbons (Fsp3) is 0.214. The quantitative estimate of drug-likeness (QED) is 0.466. The summed E-state index contributed by atoms with van der Waals surface area (Å²) in [5.74, 6) is 5.21. The van der Waals surface area contributed by atoms with Crippen LogP contribution in [0.15, 0.2) is 41.2 Å². The lowest BCUT2D eigenvalue weighted by Gasteiger charge is -2.09. The van der Waals surface area contributed by atoms with Gasteiger partial charge in [0.15, 0.2) is 0 Å². The van der Waals surface area contributed by atoms with E-state index in [4.69, 9.17) is 10.6 Å². The average Bonchev–Trinajstić information content (AvgIpc) is 2.50. The number of nitrogen functional groups attached to an aromatic ring is 1. The summed E-state index contributed by atoms with van der Waals surface area (Å²) in [6.45, 7) is 2.41. The molecule has 7 heteroatoms. The van der Waals surface area contributed by atoms with Crippen LogP contribution in [-0.2, 0) is 6.54 Å². The molecule has 1 aromatic heterocycles. The topological polar surface area (TPSA) is 99.2 Å². The van der Waals surface area contributed by atoms with Crippen LogP contribution in [-0.4, -0.2) is 22.3 Å². The summed E-state index contributed by atoms with van der Waals surface area (Å²) in [6.07, 6.45) is 0. The summed E-state index contributed by atoms with van der Waals surface area (Å²) in [7, 11) is 0. The van der Waals surface area contributed by atoms with Crippen LogP contribution in [0.1, 0.15) is 16.1 Å². The highest BCUT2D eigenvalue weighted by Gasteiger charge is 2.05. The molecule has 0 aliphatic rings. The van der Waals surface area contributed by atoms with E-state index in [2.05, 4.69) is 10.5 Å². The molecular weight excluding hydrogens is 272 g/mol. The molecule has 0 unspecified atom stereocenters. The molecule has 0 atom stereocenters. The third kappa shape index (κ3) is 3.90. The molecule has 1 aromatic carbocycles. The summed E-state index contributed by atoms with van der Waals surface area (Å²) in [5.41, 5.74) is 3.04. The maximum atomic E-state index is 11.6. The monoisotopic (exact) mass is 288 g/mol. The van der Waals surface area contributed by atoms with Gasteiger partial charge in [0.1, 0.15) is 12.4 Å². The highest BCUT2D eigenvalue weighted by Crippen LogP contribution is 2.13. The van der Waals surface area contributed by atoms with Gasteiger partial charge in [0.05, 0.1) is 12.2 Å². The number of nitrogens with zero attached hydrogens (tertiary/aromatic N) is 2. The summed E-state index contributed by atoms with van der Waals surface area (Å²) >= 11 is 0. The summed E-state index contributed by atoms with van der Waals surface area (Å²) in [6, 6.07) is 9.75. The van der Waals surface area contributed by atoms with E-state index in [0.717, 1.165) is 5.69 Å². The lowest BCUT2D eigenvalue weighted by Crippen LogP contribution is -2.29. The number of hydrazine groups is 1. The van der Waals surface area contributed by atoms with E-state index in [1.54, 1.807) is 30.3 Å². The minimum Gasteiger partial charge on any atom is -0.492 e. The Morgan fingerprint density at radius 2 is 2.19 bits per heavy atom. The van der Waals surface area contributed by atoms with Crippen molar-refractivity contribution < 1.29 is 9.53 Å². The molecule has 0 radical (unpaired) electrons. The van der Waals surface area contributed by atoms with E-state index in [-0.39, 0.29) is 12.2 Å². The normalized spacial score (nSPS) is 10.2. The second-order valence-electron chi connectivity index (χ2n) is 4.39. The Hall–Kier alpha value is -2.67. The summed E-state index contributed by atoms with van der Waals surface area (Å²) in [5, 5.41) is 4.11. The number of benzene rings is 1. The Morgan fingerprint density at radius 1 is 1.38 bits per heavy atom. The lowest BCUT2D eigenvalue weighted by atomic mass is 10.2. The van der Waals surface area contributed by atoms with Gasteiger partial charge in [-0.15, -0.1) is 0 Å². The van der Waals surface area contributed by atoms with E-state index >= 15 is 0 Å². The van der Waals surface area contributed by atoms with Gasteiger partial charge in [0, 0.05) is 11.6 Å². The first-order chi connectivity index (χ1) is 10.1. The molecule has 0 saturated carbocycles. The zero-order valence-electron chi connectivity index (χ0n) is 11.6. The first-order valence-corrected chi connectivity index (χ1v) is 6.39. The van der Waals surface area contributed by atoms with Gasteiger partial charge >= 0.3 is 0 Å². The number of nitrogens with two attached hydrogens (primary N) is 1. The molecule has 0 spiro atoms. The number of nitrogens with one attached hydrogen (secondary N) is 1. The third-order valence-electron chi connectivity index (χ3n) is 2.80. The van der Waals surface area contributed by atoms with Gasteiger partial charge in [-0.3, -0.25) is 15.0 Å². The first-order valence-electron chi connectivity index (χ1n) is 6.39. The SMILES string of the molecule is Cc1ccc(=O)n(CCOc2cccc(C(=O)NN)c2)n1. The van der Waals surface area contributed by atoms with E-state index < -0.39 is 5.91 Å². The molecule has 110 valence electrons. The number of amides is 1. The molecule has 2 rings (SSSR count). The molecule has 0 saturated heterocycles. The summed E-state index contributed by atoms with van der Waals surface area (Å²) in [4.78, 5) is 23.0. The van der Waals surface area contributed by atoms with Gasteiger partial charge in [0.2, 0.25) is 0 Å². The third-order valence-corrected chi connectivity index (χ3v) is 2.80. The molecule has 0 aliphatic heterocycles. The zero-order chi connectivity index (χ0) is 15.2. The molecule has 7 nitrogen and oxygen atoms in total. The number of rotatable bonds is 5. The molecule has 1 amide bonds. The van der Waals surface area contributed by atoms with Gasteiger partial charge in [-0.2, -0.15) is 5.10 Å². The maximum Gasteiger partial charge on any atom is 0.266 e. The van der Waals surface area contributed by atoms with Gasteiger partial charge < -0.3 is 4.74 Å². The standard InChI is InChI=1S/C14H16N4O3/c1-10-5-6-13(19)18(17-10)7-8-21-12-4-2-3-11(9-12)14(20)16-15/h2-6,9H,7-8,15H2,1H3,(H,16,20). The van der Waals surface area contributed by atoms with Gasteiger partial charge in [-0.1, -0.05) is 6.07 Å². The molecule has 2 aromatic rings. The van der Waals surface area contributed by atoms with Crippen molar-refractivity contribution in [2.75, 3.05) is 6.61 Å². The predicted molar refractivity (Wildman–Crippen MR) is 76.8 cm³/mol. The number of ether oxygens (including phenoxy) is 1. The number of aromatic nitrogens is 2. The van der Waals surface area contributed by atoms with Crippen molar-refractivity contribution in [1.82, 2.24) is 15.2 Å². The van der Waals surface area contributed by atoms with Crippen LogP contribution >= 0.6 is 0 Å². The van der Waals surface area contributed by atoms with Crippen molar-refractivity contribution in [3.63, 3.8) is 0 Å². The molecular formula is C14H16N4O3. The van der Waals surface area contributed by atoms with Gasteiger partial charge in [0.25, 0.3) is 11.5 Å². The molecule has 3 N–H and O–H groups in total. The van der Waals surface area contributed by atoms with Crippen molar-refractivity contribution in [2.24, 2.45) is 5.84 Å². The highest BCUT2D eigenvalue weighted by molar-refractivity contribution is 5.94. The minimum absolute atomic E-state index is 0.180. The fourth-order valence-corrected chi connectivity index (χ4v) is 1.77. The van der Waals surface area contributed by atoms with Crippen LogP contribution in [0.3, 0.4) is 0 Å². The van der Waals surface area contributed by atoms with Crippen molar-refractivity contribution in [1.29, 1.82) is 0 Å². The van der Waals surface area contributed by atoms with Crippen molar-refractivity contribution in [3.8, 4) is 5.75 Å². The number of hydrogen-bond donors (Lipinski definition) is 2. The number of carbonyl (C=O) groups excluding carboxylic acids is 1. The Kier molecular flexibility index (Phi) is 4.68. The van der Waals surface area contributed by atoms with Gasteiger partial charge in [-0.25, -0.2) is 10.5 Å². The van der Waals surface area contributed by atoms with Crippen LogP contribution in [0.5, 0.6) is 5.75 Å². The average molecular weight is 288 g/mol. The zero-order valence-corrected chi connectivity index (χ0v) is 11.6. The molecule has 0 aliphatic carbocycles. The van der Waals surface area contributed by atoms with Crippen LogP contribution < -0.4 is 21.6 Å². The van der Waals surface area contributed by atoms with E-state index in [0.29, 0.717) is 17.9 Å². The highest BCUT2D eigenvalue weighted by atomic mass is 16.5. The first kappa shape index (κ1) is 14.7. The smallest absolute Gasteiger partial charge is 0.266 e. The Bertz CT molecular complexity index is 697. The fourth-order valence-electron chi connectivity index (χ4n) is 1.77. The van der Waals surface area contributed by atoms with Crippen LogP contribution in [0, 0.1) is 6.92 Å². The maximum absolute atomic E-state index is 11.6. The summed E-state index contributed by atoms with van der Waals surface area (Å²) < 4.78 is 6.86. The number of carbonyl (C=O) groups is 1. The lowest BCUT2D eigenvalue weighted by molar-refractivity contribution is 0.0953. The van der Waals surface area contributed by atoms with Crippen LogP contribution in [0.4, 0.5) is 0 Å². The molecule has 0 fully saturated rings. The van der Waals surface area contributed by atoms with E-state index in [1.807, 2.05) is 6.92 Å². The Labute approximate surface area is 121 Å². The molecule has 1 heterocycles. The Balaban J connectivity index is 1.99. The second-order valence-corrected chi connectivity index (χ2v) is 4.39. The number of hydrogen-bond acceptors (Lipinski definition) is 5. The predicted octanol–water partition coefficient (Wildman–Crippen LogP) is 0.234. The van der Waals surface area contributed by atoms with Crippen molar-refractivity contribution in [2.45, 2.75) is 13.5 Å². The van der Waals surface area contributed by atoms with Crippen molar-refractivity contribution >= 4 is 5.91 Å². The van der Waals surface area contributed by atoms with Crippen LogP contribution in [0.25, 0.3) is 0 Å². The largest absolute Gasteiger partial charge is 0.492 e. The van der Waals surface area contributed by atoms with Crippen LogP contribution in [0.2, 0.25) is 0 Å². The Morgan fingerprint density at radius 3 is 2.95 bits per heavy atom. The molecule has 21 heavy (non-hydrogen) atoms. The minimum atomic E-state index is -0.392. The van der Waals surface area contributed by atoms with Gasteiger partial charge in [-0.05, 0) is 31.2 Å². The second kappa shape index (κ2) is 6.67. The molecule has 0 bridgehead atoms. The number of aryl methyl sites for hydroxylation is 1. The van der Waals surface area contributed by atoms with Crippen molar-refractivity contribution in [3.05, 3.63) is 58.0 Å². The van der Waals surface area contributed by atoms with E-state index in [9.17, 15) is 9.59 Å². The van der Waals surface area contributed by atoms with E-state index in [1.165, 1.54) is 10.7 Å².